The van der Waals surface area contributed by atoms with E-state index in [9.17, 15) is 0 Å². The molecule has 0 aliphatic rings. The van der Waals surface area contributed by atoms with Crippen molar-refractivity contribution in [1.82, 2.24) is 0 Å². The third-order valence-electron chi connectivity index (χ3n) is 0. The van der Waals surface area contributed by atoms with Gasteiger partial charge in [0, 0.05) is 0 Å². The van der Waals surface area contributed by atoms with Crippen LogP contribution in [-0.2, 0) is 42.4 Å². The Bertz CT molecular complexity index is 211. The summed E-state index contributed by atoms with van der Waals surface area (Å²) in [5.41, 5.74) is 0. The molecule has 0 N–H and O–H groups in total. The van der Waals surface area contributed by atoms with E-state index in [0.29, 0.717) is 0 Å². The molecule has 0 amide bonds. The molecule has 12 heteroatoms. The summed E-state index contributed by atoms with van der Waals surface area (Å²) in [5.74, 6) is 0. The molecular formula is Ba2Cr2O8. The van der Waals surface area contributed by atoms with Crippen LogP contribution in [0.15, 0.2) is 0 Å². The van der Waals surface area contributed by atoms with Crippen LogP contribution in [0.2, 0.25) is 0 Å². The molecule has 0 radical (unpaired) electrons. The first-order chi connectivity index (χ1) is 4.00. The van der Waals surface area contributed by atoms with Crippen molar-refractivity contribution in [3.63, 3.8) is 0 Å². The minimum atomic E-state index is -5.75. The van der Waals surface area contributed by atoms with Crippen molar-refractivity contribution in [2.24, 2.45) is 0 Å². The molecule has 0 aromatic heterocycles. The Morgan fingerprint density at radius 1 is 0.583 bits per heavy atom. The second kappa shape index (κ2) is 10.8. The van der Waals surface area contributed by atoms with Crippen LogP contribution in [-0.4, -0.2) is 97.8 Å². The van der Waals surface area contributed by atoms with E-state index in [4.69, 9.17) is 31.8 Å². The van der Waals surface area contributed by atoms with Gasteiger partial charge in [-0.25, -0.2) is 0 Å². The van der Waals surface area contributed by atoms with E-state index in [0.717, 1.165) is 0 Å². The van der Waals surface area contributed by atoms with E-state index < -0.39 is 27.2 Å². The Balaban J connectivity index is -0.0000000457. The quantitative estimate of drug-likeness (QED) is 0.293. The molecule has 0 aliphatic heterocycles. The van der Waals surface area contributed by atoms with E-state index >= 15 is 0 Å². The van der Waals surface area contributed by atoms with Crippen molar-refractivity contribution in [2.45, 2.75) is 0 Å². The van der Waals surface area contributed by atoms with E-state index in [2.05, 4.69) is 0 Å². The van der Waals surface area contributed by atoms with Crippen LogP contribution in [0.25, 0.3) is 0 Å². The van der Waals surface area contributed by atoms with E-state index in [1.54, 1.807) is 0 Å². The first-order valence-corrected chi connectivity index (χ1v) is 5.50. The Morgan fingerprint density at radius 2 is 0.583 bits per heavy atom. The fourth-order valence-corrected chi connectivity index (χ4v) is 0. The second-order valence-corrected chi connectivity index (χ2v) is 3.37. The molecule has 8 nitrogen and oxygen atoms in total. The van der Waals surface area contributed by atoms with Gasteiger partial charge in [0.25, 0.3) is 0 Å². The van der Waals surface area contributed by atoms with Crippen molar-refractivity contribution in [3.05, 3.63) is 0 Å². The van der Waals surface area contributed by atoms with Gasteiger partial charge >= 0.3 is 157 Å². The zero-order chi connectivity index (χ0) is 9.00. The van der Waals surface area contributed by atoms with E-state index in [1.165, 1.54) is 0 Å². The predicted molar refractivity (Wildman–Crippen MR) is 14.3 cm³/mol. The van der Waals surface area contributed by atoms with Gasteiger partial charge in [-0.15, -0.1) is 0 Å². The summed E-state index contributed by atoms with van der Waals surface area (Å²) in [6.07, 6.45) is 0. The molecule has 0 rings (SSSR count). The van der Waals surface area contributed by atoms with Crippen LogP contribution in [0.4, 0.5) is 0 Å². The zero-order valence-electron chi connectivity index (χ0n) is 5.50. The minimum absolute atomic E-state index is 0. The van der Waals surface area contributed by atoms with Gasteiger partial charge in [0.2, 0.25) is 0 Å². The van der Waals surface area contributed by atoms with Crippen molar-refractivity contribution in [3.8, 4) is 0 Å². The summed E-state index contributed by atoms with van der Waals surface area (Å²) in [5, 5.41) is 0. The molecule has 0 heterocycles. The van der Waals surface area contributed by atoms with Gasteiger partial charge in [-0.1, -0.05) is 0 Å². The topological polar surface area (TPSA) is 161 Å². The van der Waals surface area contributed by atoms with Gasteiger partial charge in [0.1, 0.15) is 0 Å². The summed E-state index contributed by atoms with van der Waals surface area (Å²) < 4.78 is 68.8. The average Bonchev–Trinajstić information content (AvgIpc) is 1.12. The first-order valence-electron chi connectivity index (χ1n) is 1.33. The molecule has 0 aromatic rings. The van der Waals surface area contributed by atoms with E-state index in [1.807, 2.05) is 0 Å². The molecule has 0 unspecified atom stereocenters. The Morgan fingerprint density at radius 3 is 0.583 bits per heavy atom. The molecule has 0 saturated heterocycles. The monoisotopic (exact) mass is 508 g/mol. The Kier molecular flexibility index (Phi) is 21.9. The molecule has 0 bridgehead atoms. The zero-order valence-corrected chi connectivity index (χ0v) is 16.9. The molecule has 0 saturated carbocycles. The van der Waals surface area contributed by atoms with Crippen LogP contribution in [0, 0.1) is 0 Å². The summed E-state index contributed by atoms with van der Waals surface area (Å²) >= 11 is -11.5. The van der Waals surface area contributed by atoms with Crippen LogP contribution < -0.4 is 16.6 Å². The fourth-order valence-electron chi connectivity index (χ4n) is 0. The van der Waals surface area contributed by atoms with Crippen molar-refractivity contribution in [2.75, 3.05) is 0 Å². The van der Waals surface area contributed by atoms with Crippen LogP contribution >= 0.6 is 0 Å². The van der Waals surface area contributed by atoms with Gasteiger partial charge < -0.3 is 0 Å². The van der Waals surface area contributed by atoms with Crippen molar-refractivity contribution in [1.29, 1.82) is 0 Å². The van der Waals surface area contributed by atoms with Crippen LogP contribution in [0.1, 0.15) is 0 Å². The maximum absolute atomic E-state index is 8.59. The number of rotatable bonds is 0. The second-order valence-electron chi connectivity index (χ2n) is 0.816. The van der Waals surface area contributed by atoms with Gasteiger partial charge in [-0.3, -0.25) is 0 Å². The van der Waals surface area contributed by atoms with Crippen molar-refractivity contribution >= 4 is 97.8 Å². The molecular weight excluding hydrogens is 507 g/mol. The third kappa shape index (κ3) is 188. The molecule has 0 aliphatic carbocycles. The molecule has 0 aromatic carbocycles. The fraction of sp³-hybridized carbons (Fsp3) is 0. The Hall–Kier alpha value is 3.25. The molecule has 0 fully saturated rings. The maximum atomic E-state index is 8.59. The summed E-state index contributed by atoms with van der Waals surface area (Å²) in [7, 11) is 0. The molecule has 0 spiro atoms. The number of hydrogen-bond acceptors (Lipinski definition) is 8. The van der Waals surface area contributed by atoms with Gasteiger partial charge in [-0.05, 0) is 0 Å². The predicted octanol–water partition coefficient (Wildman–Crippen LogP) is -6.00. The summed E-state index contributed by atoms with van der Waals surface area (Å²) in [4.78, 5) is 0. The molecule has 12 heavy (non-hydrogen) atoms. The van der Waals surface area contributed by atoms with Gasteiger partial charge in [-0.2, -0.15) is 0 Å². The van der Waals surface area contributed by atoms with E-state index in [-0.39, 0.29) is 97.8 Å². The normalized spacial score (nSPS) is 9.67. The summed E-state index contributed by atoms with van der Waals surface area (Å²) in [6.45, 7) is 0. The van der Waals surface area contributed by atoms with Gasteiger partial charge in [0.05, 0.1) is 0 Å². The standard InChI is InChI=1S/2Ba.2Cr.8O/q2*+2;;;;;;;4*-1. The SMILES string of the molecule is [Ba+2].[Ba+2].[O]=[Cr](=[O])([O-])[O-].[O]=[Cr](=[O])([O-])[O-]. The van der Waals surface area contributed by atoms with Crippen LogP contribution in [0.5, 0.6) is 0 Å². The van der Waals surface area contributed by atoms with Crippen LogP contribution in [0.3, 0.4) is 0 Å². The average molecular weight is 507 g/mol. The molecule has 64 valence electrons. The first kappa shape index (κ1) is 24.5. The molecule has 0 atom stereocenters. The third-order valence-corrected chi connectivity index (χ3v) is 0. The van der Waals surface area contributed by atoms with Gasteiger partial charge in [0.15, 0.2) is 0 Å². The number of hydrogen-bond donors (Lipinski definition) is 0. The summed E-state index contributed by atoms with van der Waals surface area (Å²) in [6, 6.07) is 0. The van der Waals surface area contributed by atoms with Crippen molar-refractivity contribution < 1.29 is 59.1 Å². The Labute approximate surface area is 153 Å².